The molecule has 3 N–H and O–H groups in total. The van der Waals surface area contributed by atoms with E-state index in [2.05, 4.69) is 9.89 Å². The summed E-state index contributed by atoms with van der Waals surface area (Å²) in [5, 5.41) is 9.35. The molecule has 0 aromatic heterocycles. The predicted molar refractivity (Wildman–Crippen MR) is 80.6 cm³/mol. The predicted octanol–water partition coefficient (Wildman–Crippen LogP) is 2.93. The van der Waals surface area contributed by atoms with Crippen LogP contribution in [0.1, 0.15) is 50.1 Å². The number of rotatable bonds is 2. The third-order valence-electron chi connectivity index (χ3n) is 4.60. The van der Waals surface area contributed by atoms with Gasteiger partial charge in [0.25, 0.3) is 0 Å². The van der Waals surface area contributed by atoms with Crippen molar-refractivity contribution in [1.82, 2.24) is 4.90 Å². The molecule has 0 radical (unpaired) electrons. The van der Waals surface area contributed by atoms with Crippen LogP contribution in [-0.4, -0.2) is 28.6 Å². The second-order valence-electron chi connectivity index (χ2n) is 5.98. The molecule has 3 rings (SSSR count). The minimum Gasteiger partial charge on any atom is -0.505 e. The van der Waals surface area contributed by atoms with Gasteiger partial charge in [-0.25, -0.2) is 4.39 Å². The van der Waals surface area contributed by atoms with Crippen LogP contribution in [-0.2, 0) is 0 Å². The van der Waals surface area contributed by atoms with Gasteiger partial charge in [0.2, 0.25) is 0 Å². The lowest BCUT2D eigenvalue weighted by molar-refractivity contribution is 0.237. The highest BCUT2D eigenvalue weighted by molar-refractivity contribution is 5.80. The van der Waals surface area contributed by atoms with Crippen molar-refractivity contribution < 1.29 is 9.50 Å². The van der Waals surface area contributed by atoms with Crippen molar-refractivity contribution in [2.75, 3.05) is 6.54 Å². The van der Waals surface area contributed by atoms with E-state index in [1.165, 1.54) is 37.8 Å². The molecular weight excluding hydrogens is 269 g/mol. The van der Waals surface area contributed by atoms with Crippen LogP contribution in [0.3, 0.4) is 0 Å². The van der Waals surface area contributed by atoms with Crippen LogP contribution in [0, 0.1) is 5.82 Å². The van der Waals surface area contributed by atoms with E-state index in [-0.39, 0.29) is 11.8 Å². The Kier molecular flexibility index (Phi) is 3.99. The summed E-state index contributed by atoms with van der Waals surface area (Å²) in [5.41, 5.74) is 6.92. The van der Waals surface area contributed by atoms with Gasteiger partial charge in [-0.1, -0.05) is 31.7 Å². The first-order valence-corrected chi connectivity index (χ1v) is 7.73. The molecule has 114 valence electrons. The molecule has 1 aliphatic heterocycles. The van der Waals surface area contributed by atoms with E-state index in [4.69, 9.17) is 5.73 Å². The van der Waals surface area contributed by atoms with Gasteiger partial charge in [0.15, 0.2) is 17.5 Å². The number of benzene rings is 1. The quantitative estimate of drug-likeness (QED) is 0.824. The van der Waals surface area contributed by atoms with E-state index in [1.54, 1.807) is 6.07 Å². The molecule has 4 nitrogen and oxygen atoms in total. The van der Waals surface area contributed by atoms with Crippen molar-refractivity contribution in [2.45, 2.75) is 50.6 Å². The minimum absolute atomic E-state index is 0.0109. The molecule has 0 saturated heterocycles. The van der Waals surface area contributed by atoms with Gasteiger partial charge in [-0.3, -0.25) is 4.99 Å². The Morgan fingerprint density at radius 1 is 1.19 bits per heavy atom. The zero-order valence-corrected chi connectivity index (χ0v) is 12.1. The monoisotopic (exact) mass is 291 g/mol. The molecule has 1 unspecified atom stereocenters. The largest absolute Gasteiger partial charge is 0.505 e. The second kappa shape index (κ2) is 5.92. The van der Waals surface area contributed by atoms with Crippen LogP contribution in [0.2, 0.25) is 0 Å². The Morgan fingerprint density at radius 2 is 1.90 bits per heavy atom. The highest BCUT2D eigenvalue weighted by Crippen LogP contribution is 2.34. The van der Waals surface area contributed by atoms with Crippen LogP contribution >= 0.6 is 0 Å². The van der Waals surface area contributed by atoms with Gasteiger partial charge in [0.05, 0.1) is 12.6 Å². The number of phenolic OH excluding ortho intramolecular Hbond substituents is 1. The van der Waals surface area contributed by atoms with E-state index >= 15 is 0 Å². The van der Waals surface area contributed by atoms with Gasteiger partial charge in [0.1, 0.15) is 0 Å². The van der Waals surface area contributed by atoms with Crippen molar-refractivity contribution >= 4 is 5.96 Å². The minimum atomic E-state index is -0.584. The maximum Gasteiger partial charge on any atom is 0.192 e. The Hall–Kier alpha value is -1.78. The average molecular weight is 291 g/mol. The maximum absolute atomic E-state index is 13.6. The summed E-state index contributed by atoms with van der Waals surface area (Å²) in [7, 11) is 0. The van der Waals surface area contributed by atoms with E-state index in [1.807, 2.05) is 0 Å². The molecule has 1 aromatic carbocycles. The number of hydrogen-bond donors (Lipinski definition) is 2. The van der Waals surface area contributed by atoms with E-state index < -0.39 is 5.82 Å². The van der Waals surface area contributed by atoms with Crippen LogP contribution in [0.4, 0.5) is 4.39 Å². The number of phenols is 1. The summed E-state index contributed by atoms with van der Waals surface area (Å²) in [6.07, 6.45) is 7.22. The Labute approximate surface area is 124 Å². The van der Waals surface area contributed by atoms with Crippen LogP contribution < -0.4 is 5.73 Å². The second-order valence-corrected chi connectivity index (χ2v) is 5.98. The molecule has 1 saturated carbocycles. The van der Waals surface area contributed by atoms with Crippen molar-refractivity contribution in [3.05, 3.63) is 29.6 Å². The zero-order chi connectivity index (χ0) is 14.8. The standard InChI is InChI=1S/C16H22FN3O/c17-13-9-11(7-8-15(13)21)14-10-19-16(18)20(14)12-5-3-1-2-4-6-12/h7-9,12,14,21H,1-6,10H2,(H2,18,19). The molecule has 1 aromatic rings. The van der Waals surface area contributed by atoms with E-state index in [9.17, 15) is 9.50 Å². The molecule has 2 aliphatic rings. The number of aliphatic imine (C=N–C) groups is 1. The van der Waals surface area contributed by atoms with E-state index in [0.717, 1.165) is 18.4 Å². The first kappa shape index (κ1) is 14.2. The third-order valence-corrected chi connectivity index (χ3v) is 4.60. The molecule has 0 amide bonds. The molecule has 5 heteroatoms. The Bertz CT molecular complexity index is 538. The first-order chi connectivity index (χ1) is 10.2. The SMILES string of the molecule is NC1=NCC(c2ccc(O)c(F)c2)N1C1CCCCCC1. The highest BCUT2D eigenvalue weighted by Gasteiger charge is 2.33. The van der Waals surface area contributed by atoms with Crippen LogP contribution in [0.5, 0.6) is 5.75 Å². The van der Waals surface area contributed by atoms with Crippen molar-refractivity contribution in [1.29, 1.82) is 0 Å². The fraction of sp³-hybridized carbons (Fsp3) is 0.562. The number of halogens is 1. The summed E-state index contributed by atoms with van der Waals surface area (Å²) in [4.78, 5) is 6.53. The smallest absolute Gasteiger partial charge is 0.192 e. The van der Waals surface area contributed by atoms with Gasteiger partial charge in [-0.05, 0) is 30.5 Å². The Balaban J connectivity index is 1.85. The molecule has 1 aliphatic carbocycles. The number of nitrogens with two attached hydrogens (primary N) is 1. The van der Waals surface area contributed by atoms with Gasteiger partial charge >= 0.3 is 0 Å². The van der Waals surface area contributed by atoms with Crippen LogP contribution in [0.15, 0.2) is 23.2 Å². The number of aromatic hydroxyl groups is 1. The van der Waals surface area contributed by atoms with Gasteiger partial charge < -0.3 is 15.7 Å². The van der Waals surface area contributed by atoms with Crippen LogP contribution in [0.25, 0.3) is 0 Å². The third kappa shape index (κ3) is 2.82. The van der Waals surface area contributed by atoms with Gasteiger partial charge in [-0.2, -0.15) is 0 Å². The first-order valence-electron chi connectivity index (χ1n) is 7.73. The molecular formula is C16H22FN3O. The lowest BCUT2D eigenvalue weighted by Crippen LogP contribution is -2.43. The fourth-order valence-electron chi connectivity index (χ4n) is 3.48. The molecule has 1 heterocycles. The lowest BCUT2D eigenvalue weighted by Gasteiger charge is -2.34. The normalized spacial score (nSPS) is 24.0. The molecule has 0 bridgehead atoms. The number of guanidine groups is 1. The number of nitrogens with zero attached hydrogens (tertiary/aromatic N) is 2. The summed E-state index contributed by atoms with van der Waals surface area (Å²) in [5.74, 6) is -0.328. The van der Waals surface area contributed by atoms with Crippen molar-refractivity contribution in [2.24, 2.45) is 10.7 Å². The van der Waals surface area contributed by atoms with E-state index in [0.29, 0.717) is 18.5 Å². The summed E-state index contributed by atoms with van der Waals surface area (Å²) >= 11 is 0. The lowest BCUT2D eigenvalue weighted by atomic mass is 10.0. The van der Waals surface area contributed by atoms with Crippen molar-refractivity contribution in [3.8, 4) is 5.75 Å². The average Bonchev–Trinajstić information content (AvgIpc) is 2.69. The van der Waals surface area contributed by atoms with Crippen molar-refractivity contribution in [3.63, 3.8) is 0 Å². The molecule has 21 heavy (non-hydrogen) atoms. The zero-order valence-electron chi connectivity index (χ0n) is 12.1. The topological polar surface area (TPSA) is 61.9 Å². The molecule has 1 atom stereocenters. The highest BCUT2D eigenvalue weighted by atomic mass is 19.1. The van der Waals surface area contributed by atoms with Gasteiger partial charge in [0, 0.05) is 6.04 Å². The Morgan fingerprint density at radius 3 is 2.57 bits per heavy atom. The summed E-state index contributed by atoms with van der Waals surface area (Å²) in [6, 6.07) is 4.95. The fourth-order valence-corrected chi connectivity index (χ4v) is 3.48. The number of hydrogen-bond acceptors (Lipinski definition) is 4. The summed E-state index contributed by atoms with van der Waals surface area (Å²) < 4.78 is 13.6. The molecule has 1 fully saturated rings. The molecule has 0 spiro atoms. The maximum atomic E-state index is 13.6. The van der Waals surface area contributed by atoms with Gasteiger partial charge in [-0.15, -0.1) is 0 Å². The summed E-state index contributed by atoms with van der Waals surface area (Å²) in [6.45, 7) is 0.562.